The van der Waals surface area contributed by atoms with Crippen LogP contribution in [-0.4, -0.2) is 17.6 Å². The molecular weight excluding hydrogens is 200 g/mol. The van der Waals surface area contributed by atoms with Crippen LogP contribution in [-0.2, 0) is 0 Å². The number of nitro benzene ring substituents is 1. The predicted molar refractivity (Wildman–Crippen MR) is 51.5 cm³/mol. The lowest BCUT2D eigenvalue weighted by molar-refractivity contribution is -0.384. The molecule has 0 saturated heterocycles. The van der Waals surface area contributed by atoms with Crippen molar-refractivity contribution in [2.45, 2.75) is 6.92 Å². The summed E-state index contributed by atoms with van der Waals surface area (Å²) < 4.78 is 0. The highest BCUT2D eigenvalue weighted by molar-refractivity contribution is 5.87. The molecule has 6 nitrogen and oxygen atoms in total. The Kier molecular flexibility index (Phi) is 3.22. The first-order valence-electron chi connectivity index (χ1n) is 4.29. The van der Waals surface area contributed by atoms with E-state index in [0.29, 0.717) is 0 Å². The van der Waals surface area contributed by atoms with Gasteiger partial charge in [0.2, 0.25) is 0 Å². The fraction of sp³-hybridized carbons (Fsp3) is 0.222. The summed E-state index contributed by atoms with van der Waals surface area (Å²) in [6.07, 6.45) is -1.45. The number of hydrogen-bond acceptors (Lipinski definition) is 4. The number of carboxylic acid groups (broad SMARTS) is 1. The van der Waals surface area contributed by atoms with Gasteiger partial charge < -0.3 is 14.8 Å². The molecule has 1 amide bonds. The van der Waals surface area contributed by atoms with Crippen LogP contribution in [0, 0.1) is 10.1 Å². The van der Waals surface area contributed by atoms with Gasteiger partial charge in [-0.05, 0) is 13.0 Å². The van der Waals surface area contributed by atoms with E-state index in [1.807, 2.05) is 0 Å². The largest absolute Gasteiger partial charge is 0.530 e. The number of benzene rings is 1. The Morgan fingerprint density at radius 3 is 2.53 bits per heavy atom. The number of nitro groups is 1. The van der Waals surface area contributed by atoms with Crippen LogP contribution in [0.5, 0.6) is 0 Å². The molecule has 0 aliphatic rings. The van der Waals surface area contributed by atoms with E-state index in [9.17, 15) is 20.0 Å². The van der Waals surface area contributed by atoms with Crippen molar-refractivity contribution in [1.82, 2.24) is 0 Å². The molecule has 0 aliphatic carbocycles. The van der Waals surface area contributed by atoms with Gasteiger partial charge >= 0.3 is 0 Å². The van der Waals surface area contributed by atoms with Crippen molar-refractivity contribution >= 4 is 17.5 Å². The summed E-state index contributed by atoms with van der Waals surface area (Å²) in [5.74, 6) is 0. The molecule has 0 fully saturated rings. The second-order valence-corrected chi connectivity index (χ2v) is 2.76. The number of hydrogen-bond donors (Lipinski definition) is 0. The molecule has 15 heavy (non-hydrogen) atoms. The van der Waals surface area contributed by atoms with Gasteiger partial charge in [-0.3, -0.25) is 10.1 Å². The van der Waals surface area contributed by atoms with Gasteiger partial charge in [0, 0.05) is 12.6 Å². The van der Waals surface area contributed by atoms with Crippen LogP contribution in [0.4, 0.5) is 16.2 Å². The lowest BCUT2D eigenvalue weighted by Gasteiger charge is -2.22. The highest BCUT2D eigenvalue weighted by atomic mass is 16.6. The van der Waals surface area contributed by atoms with Gasteiger partial charge in [0.1, 0.15) is 11.8 Å². The van der Waals surface area contributed by atoms with Crippen LogP contribution in [0.25, 0.3) is 0 Å². The van der Waals surface area contributed by atoms with E-state index in [4.69, 9.17) is 0 Å². The minimum Gasteiger partial charge on any atom is -0.530 e. The van der Waals surface area contributed by atoms with Crippen LogP contribution in [0.15, 0.2) is 24.3 Å². The molecule has 0 unspecified atom stereocenters. The molecule has 0 bridgehead atoms. The fourth-order valence-corrected chi connectivity index (χ4v) is 1.24. The van der Waals surface area contributed by atoms with E-state index in [1.54, 1.807) is 6.92 Å². The Labute approximate surface area is 85.9 Å². The van der Waals surface area contributed by atoms with E-state index in [-0.39, 0.29) is 17.9 Å². The third-order valence-electron chi connectivity index (χ3n) is 1.91. The van der Waals surface area contributed by atoms with Crippen molar-refractivity contribution < 1.29 is 14.8 Å². The Balaban J connectivity index is 3.22. The van der Waals surface area contributed by atoms with Gasteiger partial charge in [-0.25, -0.2) is 0 Å². The van der Waals surface area contributed by atoms with Crippen molar-refractivity contribution in [3.8, 4) is 0 Å². The quantitative estimate of drug-likeness (QED) is 0.543. The molecule has 0 radical (unpaired) electrons. The van der Waals surface area contributed by atoms with Gasteiger partial charge in [0.25, 0.3) is 5.69 Å². The summed E-state index contributed by atoms with van der Waals surface area (Å²) in [6.45, 7) is 1.68. The Bertz CT molecular complexity index is 391. The second-order valence-electron chi connectivity index (χ2n) is 2.76. The second kappa shape index (κ2) is 4.41. The number of amides is 1. The van der Waals surface area contributed by atoms with Crippen LogP contribution >= 0.6 is 0 Å². The lowest BCUT2D eigenvalue weighted by Crippen LogP contribution is -2.41. The Hall–Kier alpha value is -2.11. The maximum absolute atomic E-state index is 10.7. The summed E-state index contributed by atoms with van der Waals surface area (Å²) >= 11 is 0. The molecule has 0 aromatic heterocycles. The van der Waals surface area contributed by atoms with Gasteiger partial charge in [0.15, 0.2) is 0 Å². The van der Waals surface area contributed by atoms with Gasteiger partial charge in [0.05, 0.1) is 4.92 Å². The lowest BCUT2D eigenvalue weighted by atomic mass is 10.2. The molecule has 1 aromatic rings. The van der Waals surface area contributed by atoms with Gasteiger partial charge in [-0.15, -0.1) is 0 Å². The van der Waals surface area contributed by atoms with E-state index >= 15 is 0 Å². The minimum atomic E-state index is -1.45. The summed E-state index contributed by atoms with van der Waals surface area (Å²) in [5, 5.41) is 21.3. The molecule has 1 rings (SSSR count). The molecule has 0 N–H and O–H groups in total. The third kappa shape index (κ3) is 2.22. The maximum atomic E-state index is 10.7. The third-order valence-corrected chi connectivity index (χ3v) is 1.91. The van der Waals surface area contributed by atoms with E-state index in [0.717, 1.165) is 4.90 Å². The minimum absolute atomic E-state index is 0.0324. The molecule has 1 aromatic carbocycles. The number of anilines is 1. The first-order chi connectivity index (χ1) is 7.07. The van der Waals surface area contributed by atoms with Crippen LogP contribution in [0.3, 0.4) is 0 Å². The van der Waals surface area contributed by atoms with Crippen molar-refractivity contribution in [2.24, 2.45) is 0 Å². The molecule has 0 spiro atoms. The Morgan fingerprint density at radius 2 is 2.07 bits per heavy atom. The van der Waals surface area contributed by atoms with E-state index in [2.05, 4.69) is 0 Å². The number of carbonyl (C=O) groups excluding carboxylic acids is 1. The molecule has 6 heteroatoms. The van der Waals surface area contributed by atoms with Crippen molar-refractivity contribution in [3.63, 3.8) is 0 Å². The smallest absolute Gasteiger partial charge is 0.292 e. The SMILES string of the molecule is CCN(C(=O)[O-])c1ccccc1[N+](=O)[O-]. The highest BCUT2D eigenvalue weighted by Gasteiger charge is 2.17. The molecule has 80 valence electrons. The molecule has 0 saturated carbocycles. The molecule has 0 heterocycles. The van der Waals surface area contributed by atoms with Crippen molar-refractivity contribution in [2.75, 3.05) is 11.4 Å². The molecular formula is C9H9N2O4-. The van der Waals surface area contributed by atoms with Gasteiger partial charge in [-0.2, -0.15) is 0 Å². The zero-order valence-corrected chi connectivity index (χ0v) is 8.04. The number of nitrogens with zero attached hydrogens (tertiary/aromatic N) is 2. The maximum Gasteiger partial charge on any atom is 0.292 e. The van der Waals surface area contributed by atoms with E-state index < -0.39 is 11.0 Å². The number of carbonyl (C=O) groups is 1. The summed E-state index contributed by atoms with van der Waals surface area (Å²) in [5.41, 5.74) is -0.214. The number of rotatable bonds is 3. The van der Waals surface area contributed by atoms with Crippen LogP contribution < -0.4 is 10.0 Å². The highest BCUT2D eigenvalue weighted by Crippen LogP contribution is 2.26. The van der Waals surface area contributed by atoms with Crippen LogP contribution in [0.2, 0.25) is 0 Å². The molecule has 0 aliphatic heterocycles. The standard InChI is InChI=1S/C9H10N2O4/c1-2-10(9(12)13)7-5-3-4-6-8(7)11(14)15/h3-6H,2H2,1H3,(H,12,13)/p-1. The first-order valence-corrected chi connectivity index (χ1v) is 4.29. The zero-order valence-electron chi connectivity index (χ0n) is 8.04. The van der Waals surface area contributed by atoms with Gasteiger partial charge in [-0.1, -0.05) is 12.1 Å². The molecule has 0 atom stereocenters. The topological polar surface area (TPSA) is 86.5 Å². The van der Waals surface area contributed by atoms with Crippen molar-refractivity contribution in [1.29, 1.82) is 0 Å². The summed E-state index contributed by atoms with van der Waals surface area (Å²) in [6, 6.07) is 5.64. The zero-order chi connectivity index (χ0) is 11.4. The first kappa shape index (κ1) is 11.0. The normalized spacial score (nSPS) is 9.67. The average Bonchev–Trinajstić information content (AvgIpc) is 2.18. The van der Waals surface area contributed by atoms with Crippen LogP contribution in [0.1, 0.15) is 6.92 Å². The summed E-state index contributed by atoms with van der Waals surface area (Å²) in [4.78, 5) is 21.5. The van der Waals surface area contributed by atoms with Crippen molar-refractivity contribution in [3.05, 3.63) is 34.4 Å². The monoisotopic (exact) mass is 209 g/mol. The van der Waals surface area contributed by atoms with E-state index in [1.165, 1.54) is 24.3 Å². The average molecular weight is 209 g/mol. The fourth-order valence-electron chi connectivity index (χ4n) is 1.24. The predicted octanol–water partition coefficient (Wildman–Crippen LogP) is 0.764. The number of para-hydroxylation sites is 2. The summed E-state index contributed by atoms with van der Waals surface area (Å²) in [7, 11) is 0. The Morgan fingerprint density at radius 1 is 1.47 bits per heavy atom.